The summed E-state index contributed by atoms with van der Waals surface area (Å²) < 4.78 is 26.6. The highest BCUT2D eigenvalue weighted by Gasteiger charge is 2.25. The van der Waals surface area contributed by atoms with Gasteiger partial charge in [-0.2, -0.15) is 4.31 Å². The maximum atomic E-state index is 12.6. The maximum Gasteiger partial charge on any atom is 0.236 e. The van der Waals surface area contributed by atoms with Gasteiger partial charge in [0, 0.05) is 55.2 Å². The van der Waals surface area contributed by atoms with E-state index in [0.717, 1.165) is 17.5 Å². The zero-order valence-electron chi connectivity index (χ0n) is 17.9. The minimum Gasteiger partial charge on any atom is -0.361 e. The lowest BCUT2D eigenvalue weighted by molar-refractivity contribution is -0.122. The molecule has 4 rings (SSSR count). The molecule has 0 saturated carbocycles. The number of nitrogens with zero attached hydrogens (tertiary/aromatic N) is 2. The molecule has 1 aliphatic rings. The van der Waals surface area contributed by atoms with E-state index in [4.69, 9.17) is 0 Å². The van der Waals surface area contributed by atoms with Crippen molar-refractivity contribution in [1.82, 2.24) is 19.5 Å². The number of aromatic nitrogens is 1. The molecule has 0 spiro atoms. The molecule has 168 valence electrons. The number of benzene rings is 2. The summed E-state index contributed by atoms with van der Waals surface area (Å²) in [4.78, 5) is 17.6. The number of rotatable bonds is 8. The minimum absolute atomic E-state index is 0.0369. The zero-order valence-corrected chi connectivity index (χ0v) is 18.7. The van der Waals surface area contributed by atoms with Crippen molar-refractivity contribution in [3.05, 3.63) is 77.3 Å². The summed E-state index contributed by atoms with van der Waals surface area (Å²) in [6.07, 6.45) is 4.36. The minimum atomic E-state index is -3.47. The van der Waals surface area contributed by atoms with E-state index in [9.17, 15) is 13.2 Å². The number of aromatic amines is 1. The van der Waals surface area contributed by atoms with Crippen LogP contribution in [0.25, 0.3) is 17.0 Å². The zero-order chi connectivity index (χ0) is 22.4. The van der Waals surface area contributed by atoms with E-state index >= 15 is 0 Å². The standard InChI is InChI=1S/C24H28N4O3S/c29-24(25-12-10-21-18-26-23-9-5-4-8-22(21)23)19-27-13-15-28(16-14-27)32(30,31)17-11-20-6-2-1-3-7-20/h1-9,11,17-18,26H,10,12-16,19H2,(H,25,29). The van der Waals surface area contributed by atoms with Gasteiger partial charge in [0.2, 0.25) is 15.9 Å². The van der Waals surface area contributed by atoms with Crippen LogP contribution in [0.2, 0.25) is 0 Å². The summed E-state index contributed by atoms with van der Waals surface area (Å²) in [5.41, 5.74) is 3.13. The fraction of sp³-hybridized carbons (Fsp3) is 0.292. The molecule has 1 fully saturated rings. The average Bonchev–Trinajstić information content (AvgIpc) is 3.22. The van der Waals surface area contributed by atoms with Crippen LogP contribution in [0.5, 0.6) is 0 Å². The van der Waals surface area contributed by atoms with Crippen molar-refractivity contribution in [1.29, 1.82) is 0 Å². The topological polar surface area (TPSA) is 85.5 Å². The van der Waals surface area contributed by atoms with E-state index in [1.165, 1.54) is 20.7 Å². The third-order valence-corrected chi connectivity index (χ3v) is 7.25. The van der Waals surface area contributed by atoms with Gasteiger partial charge in [0.25, 0.3) is 0 Å². The highest BCUT2D eigenvalue weighted by atomic mass is 32.2. The molecular formula is C24H28N4O3S. The molecule has 1 aromatic heterocycles. The van der Waals surface area contributed by atoms with Crippen LogP contribution in [0.3, 0.4) is 0 Å². The predicted molar refractivity (Wildman–Crippen MR) is 127 cm³/mol. The number of hydrogen-bond acceptors (Lipinski definition) is 4. The van der Waals surface area contributed by atoms with Gasteiger partial charge in [-0.15, -0.1) is 0 Å². The highest BCUT2D eigenvalue weighted by molar-refractivity contribution is 7.92. The monoisotopic (exact) mass is 452 g/mol. The van der Waals surface area contributed by atoms with E-state index in [2.05, 4.69) is 16.4 Å². The quantitative estimate of drug-likeness (QED) is 0.550. The Morgan fingerprint density at radius 3 is 2.50 bits per heavy atom. The molecule has 1 aliphatic heterocycles. The number of fused-ring (bicyclic) bond motifs is 1. The van der Waals surface area contributed by atoms with Crippen molar-refractivity contribution >= 4 is 32.9 Å². The van der Waals surface area contributed by atoms with Crippen LogP contribution in [-0.2, 0) is 21.2 Å². The summed E-state index contributed by atoms with van der Waals surface area (Å²) in [6, 6.07) is 17.5. The van der Waals surface area contributed by atoms with Gasteiger partial charge < -0.3 is 10.3 Å². The normalized spacial score (nSPS) is 16.0. The number of carbonyl (C=O) groups excluding carboxylic acids is 1. The van der Waals surface area contributed by atoms with Gasteiger partial charge in [0.15, 0.2) is 0 Å². The third-order valence-electron chi connectivity index (χ3n) is 5.68. The Labute approximate surface area is 188 Å². The summed E-state index contributed by atoms with van der Waals surface area (Å²) in [6.45, 7) is 2.68. The molecule has 2 heterocycles. The Morgan fingerprint density at radius 1 is 1.00 bits per heavy atom. The molecule has 7 nitrogen and oxygen atoms in total. The van der Waals surface area contributed by atoms with Crippen molar-refractivity contribution < 1.29 is 13.2 Å². The molecule has 32 heavy (non-hydrogen) atoms. The molecule has 0 aliphatic carbocycles. The SMILES string of the molecule is O=C(CN1CCN(S(=O)(=O)C=Cc2ccccc2)CC1)NCCc1c[nH]c2ccccc12. The second-order valence-electron chi connectivity index (χ2n) is 7.89. The number of piperazine rings is 1. The number of hydrogen-bond donors (Lipinski definition) is 2. The molecule has 0 unspecified atom stereocenters. The lowest BCUT2D eigenvalue weighted by Gasteiger charge is -2.32. The van der Waals surface area contributed by atoms with Gasteiger partial charge in [-0.25, -0.2) is 8.42 Å². The van der Waals surface area contributed by atoms with E-state index in [0.29, 0.717) is 32.7 Å². The van der Waals surface area contributed by atoms with Gasteiger partial charge in [0.05, 0.1) is 6.54 Å². The van der Waals surface area contributed by atoms with Gasteiger partial charge in [-0.05, 0) is 29.7 Å². The second-order valence-corrected chi connectivity index (χ2v) is 9.71. The fourth-order valence-electron chi connectivity index (χ4n) is 3.89. The number of amides is 1. The van der Waals surface area contributed by atoms with Crippen molar-refractivity contribution in [2.45, 2.75) is 6.42 Å². The molecular weight excluding hydrogens is 424 g/mol. The van der Waals surface area contributed by atoms with Crippen LogP contribution in [0.15, 0.2) is 66.2 Å². The lowest BCUT2D eigenvalue weighted by atomic mass is 10.1. The second kappa shape index (κ2) is 10.1. The van der Waals surface area contributed by atoms with Crippen LogP contribution in [0.1, 0.15) is 11.1 Å². The first-order chi connectivity index (χ1) is 15.5. The molecule has 1 saturated heterocycles. The largest absolute Gasteiger partial charge is 0.361 e. The van der Waals surface area contributed by atoms with Gasteiger partial charge >= 0.3 is 0 Å². The first kappa shape index (κ1) is 22.3. The molecule has 0 atom stereocenters. The van der Waals surface area contributed by atoms with E-state index < -0.39 is 10.0 Å². The summed E-state index contributed by atoms with van der Waals surface area (Å²) in [7, 11) is -3.47. The molecule has 3 aromatic rings. The lowest BCUT2D eigenvalue weighted by Crippen LogP contribution is -2.50. The number of nitrogens with one attached hydrogen (secondary N) is 2. The first-order valence-corrected chi connectivity index (χ1v) is 12.3. The Kier molecular flexibility index (Phi) is 7.04. The third kappa shape index (κ3) is 5.64. The average molecular weight is 453 g/mol. The van der Waals surface area contributed by atoms with E-state index in [-0.39, 0.29) is 12.5 Å². The molecule has 2 aromatic carbocycles. The van der Waals surface area contributed by atoms with Crippen molar-refractivity contribution in [3.63, 3.8) is 0 Å². The Morgan fingerprint density at radius 2 is 1.72 bits per heavy atom. The highest BCUT2D eigenvalue weighted by Crippen LogP contribution is 2.17. The van der Waals surface area contributed by atoms with Gasteiger partial charge in [-0.1, -0.05) is 48.5 Å². The van der Waals surface area contributed by atoms with Crippen LogP contribution in [0, 0.1) is 0 Å². The van der Waals surface area contributed by atoms with Crippen LogP contribution in [-0.4, -0.2) is 67.8 Å². The first-order valence-electron chi connectivity index (χ1n) is 10.8. The van der Waals surface area contributed by atoms with Crippen LogP contribution < -0.4 is 5.32 Å². The number of H-pyrrole nitrogens is 1. The van der Waals surface area contributed by atoms with E-state index in [1.54, 1.807) is 6.08 Å². The smallest absolute Gasteiger partial charge is 0.236 e. The van der Waals surface area contributed by atoms with Crippen molar-refractivity contribution in [3.8, 4) is 0 Å². The Hall–Kier alpha value is -2.94. The number of sulfonamides is 1. The van der Waals surface area contributed by atoms with Gasteiger partial charge in [0.1, 0.15) is 0 Å². The molecule has 1 amide bonds. The fourth-order valence-corrected chi connectivity index (χ4v) is 5.06. The summed E-state index contributed by atoms with van der Waals surface area (Å²) in [5.74, 6) is -0.0369. The maximum absolute atomic E-state index is 12.6. The molecule has 0 bridgehead atoms. The van der Waals surface area contributed by atoms with E-state index in [1.807, 2.05) is 59.6 Å². The summed E-state index contributed by atoms with van der Waals surface area (Å²) in [5, 5.41) is 5.42. The van der Waals surface area contributed by atoms with Crippen LogP contribution in [0.4, 0.5) is 0 Å². The molecule has 8 heteroatoms. The predicted octanol–water partition coefficient (Wildman–Crippen LogP) is 2.44. The number of carbonyl (C=O) groups is 1. The van der Waals surface area contributed by atoms with Gasteiger partial charge in [-0.3, -0.25) is 9.69 Å². The Balaban J connectivity index is 1.20. The summed E-state index contributed by atoms with van der Waals surface area (Å²) >= 11 is 0. The van der Waals surface area contributed by atoms with Crippen LogP contribution >= 0.6 is 0 Å². The van der Waals surface area contributed by atoms with Crippen molar-refractivity contribution in [2.24, 2.45) is 0 Å². The molecule has 2 N–H and O–H groups in total. The van der Waals surface area contributed by atoms with Crippen molar-refractivity contribution in [2.75, 3.05) is 39.3 Å². The molecule has 0 radical (unpaired) electrons. The number of para-hydroxylation sites is 1. The Bertz CT molecular complexity index is 1180.